The van der Waals surface area contributed by atoms with Crippen molar-refractivity contribution in [1.82, 2.24) is 9.97 Å². The summed E-state index contributed by atoms with van der Waals surface area (Å²) in [6.07, 6.45) is 2.18. The number of rotatable bonds is 6. The molecule has 8 heteroatoms. The van der Waals surface area contributed by atoms with Gasteiger partial charge < -0.3 is 5.32 Å². The van der Waals surface area contributed by atoms with Gasteiger partial charge in [-0.05, 0) is 12.1 Å². The first-order valence-corrected chi connectivity index (χ1v) is 9.68. The SMILES string of the molecule is NS(=O)(=O)c1cccnc1NCCc1csc(-c2ccccc2)n1. The predicted octanol–water partition coefficient (Wildman–Crippen LogP) is 2.51. The lowest BCUT2D eigenvalue weighted by atomic mass is 10.2. The third kappa shape index (κ3) is 3.97. The fourth-order valence-electron chi connectivity index (χ4n) is 2.20. The zero-order chi connectivity index (χ0) is 17.0. The van der Waals surface area contributed by atoms with Gasteiger partial charge in [0.25, 0.3) is 0 Å². The highest BCUT2D eigenvalue weighted by molar-refractivity contribution is 7.89. The second-order valence-electron chi connectivity index (χ2n) is 5.08. The zero-order valence-corrected chi connectivity index (χ0v) is 14.3. The molecule has 0 bridgehead atoms. The Hall–Kier alpha value is -2.29. The van der Waals surface area contributed by atoms with Crippen molar-refractivity contribution >= 4 is 27.2 Å². The maximum Gasteiger partial charge on any atom is 0.241 e. The summed E-state index contributed by atoms with van der Waals surface area (Å²) in [5, 5.41) is 11.2. The van der Waals surface area contributed by atoms with Gasteiger partial charge in [-0.2, -0.15) is 0 Å². The van der Waals surface area contributed by atoms with Crippen LogP contribution in [-0.2, 0) is 16.4 Å². The first kappa shape index (κ1) is 16.6. The molecule has 24 heavy (non-hydrogen) atoms. The Balaban J connectivity index is 1.65. The maximum atomic E-state index is 11.5. The third-order valence-electron chi connectivity index (χ3n) is 3.32. The monoisotopic (exact) mass is 360 g/mol. The van der Waals surface area contributed by atoms with Gasteiger partial charge in [0.15, 0.2) is 0 Å². The second kappa shape index (κ2) is 7.08. The molecular formula is C16H16N4O2S2. The summed E-state index contributed by atoms with van der Waals surface area (Å²) in [5.74, 6) is 0.263. The highest BCUT2D eigenvalue weighted by Crippen LogP contribution is 2.23. The number of anilines is 1. The fourth-order valence-corrected chi connectivity index (χ4v) is 3.72. The number of nitrogens with two attached hydrogens (primary N) is 1. The maximum absolute atomic E-state index is 11.5. The predicted molar refractivity (Wildman–Crippen MR) is 95.4 cm³/mol. The molecule has 0 aliphatic heterocycles. The smallest absolute Gasteiger partial charge is 0.241 e. The molecule has 0 aliphatic carbocycles. The highest BCUT2D eigenvalue weighted by atomic mass is 32.2. The fraction of sp³-hybridized carbons (Fsp3) is 0.125. The molecule has 1 aromatic carbocycles. The zero-order valence-electron chi connectivity index (χ0n) is 12.7. The van der Waals surface area contributed by atoms with Crippen LogP contribution in [0, 0.1) is 0 Å². The van der Waals surface area contributed by atoms with Crippen LogP contribution in [0.4, 0.5) is 5.82 Å². The normalized spacial score (nSPS) is 11.4. The molecule has 124 valence electrons. The first-order valence-electron chi connectivity index (χ1n) is 7.25. The van der Waals surface area contributed by atoms with E-state index in [1.165, 1.54) is 18.3 Å². The third-order valence-corrected chi connectivity index (χ3v) is 5.21. The topological polar surface area (TPSA) is 98.0 Å². The van der Waals surface area contributed by atoms with Crippen LogP contribution in [-0.4, -0.2) is 24.9 Å². The van der Waals surface area contributed by atoms with E-state index < -0.39 is 10.0 Å². The first-order chi connectivity index (χ1) is 11.5. The van der Waals surface area contributed by atoms with Gasteiger partial charge in [0.1, 0.15) is 15.7 Å². The Labute approximate surface area is 144 Å². The van der Waals surface area contributed by atoms with Crippen LogP contribution in [0.3, 0.4) is 0 Å². The van der Waals surface area contributed by atoms with Crippen LogP contribution in [0.15, 0.2) is 58.9 Å². The van der Waals surface area contributed by atoms with Crippen LogP contribution >= 0.6 is 11.3 Å². The molecular weight excluding hydrogens is 344 g/mol. The summed E-state index contributed by atoms with van der Waals surface area (Å²) in [5.41, 5.74) is 2.03. The van der Waals surface area contributed by atoms with Gasteiger partial charge in [-0.3, -0.25) is 0 Å². The molecule has 3 rings (SSSR count). The molecule has 0 spiro atoms. The Bertz CT molecular complexity index is 924. The van der Waals surface area contributed by atoms with Gasteiger partial charge in [0.05, 0.1) is 5.69 Å². The molecule has 0 aliphatic rings. The summed E-state index contributed by atoms with van der Waals surface area (Å²) < 4.78 is 23.1. The molecule has 3 N–H and O–H groups in total. The van der Waals surface area contributed by atoms with E-state index in [0.717, 1.165) is 16.3 Å². The molecule has 2 heterocycles. The summed E-state index contributed by atoms with van der Waals surface area (Å²) in [4.78, 5) is 8.63. The number of benzene rings is 1. The van der Waals surface area contributed by atoms with Crippen molar-refractivity contribution in [2.24, 2.45) is 5.14 Å². The van der Waals surface area contributed by atoms with E-state index in [-0.39, 0.29) is 10.7 Å². The summed E-state index contributed by atoms with van der Waals surface area (Å²) in [6.45, 7) is 0.511. The van der Waals surface area contributed by atoms with Gasteiger partial charge >= 0.3 is 0 Å². The lowest BCUT2D eigenvalue weighted by Crippen LogP contribution is -2.17. The van der Waals surface area contributed by atoms with E-state index in [0.29, 0.717) is 13.0 Å². The molecule has 0 unspecified atom stereocenters. The number of hydrogen-bond acceptors (Lipinski definition) is 6. The van der Waals surface area contributed by atoms with E-state index in [1.54, 1.807) is 11.3 Å². The van der Waals surface area contributed by atoms with Crippen molar-refractivity contribution < 1.29 is 8.42 Å². The van der Waals surface area contributed by atoms with Crippen LogP contribution in [0.1, 0.15) is 5.69 Å². The summed E-state index contributed by atoms with van der Waals surface area (Å²) in [6, 6.07) is 12.9. The van der Waals surface area contributed by atoms with Crippen molar-refractivity contribution in [3.8, 4) is 10.6 Å². The number of hydrogen-bond donors (Lipinski definition) is 2. The Morgan fingerprint density at radius 3 is 2.67 bits per heavy atom. The van der Waals surface area contributed by atoms with Gasteiger partial charge in [0.2, 0.25) is 10.0 Å². The highest BCUT2D eigenvalue weighted by Gasteiger charge is 2.14. The van der Waals surface area contributed by atoms with Crippen molar-refractivity contribution in [2.45, 2.75) is 11.3 Å². The molecule has 0 saturated carbocycles. The number of thiazole rings is 1. The molecule has 0 fully saturated rings. The molecule has 0 saturated heterocycles. The van der Waals surface area contributed by atoms with Crippen molar-refractivity contribution in [3.05, 3.63) is 59.7 Å². The van der Waals surface area contributed by atoms with E-state index >= 15 is 0 Å². The molecule has 6 nitrogen and oxygen atoms in total. The average molecular weight is 360 g/mol. The molecule has 3 aromatic rings. The molecule has 0 radical (unpaired) electrons. The number of nitrogens with zero attached hydrogens (tertiary/aromatic N) is 2. The quantitative estimate of drug-likeness (QED) is 0.704. The van der Waals surface area contributed by atoms with E-state index in [4.69, 9.17) is 5.14 Å². The lowest BCUT2D eigenvalue weighted by molar-refractivity contribution is 0.597. The Morgan fingerprint density at radius 2 is 1.92 bits per heavy atom. The number of primary sulfonamides is 1. The van der Waals surface area contributed by atoms with Gasteiger partial charge in [-0.1, -0.05) is 30.3 Å². The standard InChI is InChI=1S/C16H16N4O2S2/c17-24(21,22)14-7-4-9-18-15(14)19-10-8-13-11-23-16(20-13)12-5-2-1-3-6-12/h1-7,9,11H,8,10H2,(H,18,19)(H2,17,21,22). The minimum absolute atomic E-state index is 0.00625. The Kier molecular flexibility index (Phi) is 4.89. The Morgan fingerprint density at radius 1 is 1.12 bits per heavy atom. The number of sulfonamides is 1. The van der Waals surface area contributed by atoms with E-state index in [2.05, 4.69) is 15.3 Å². The van der Waals surface area contributed by atoms with Crippen LogP contribution in [0.2, 0.25) is 0 Å². The van der Waals surface area contributed by atoms with Gasteiger partial charge in [-0.25, -0.2) is 23.5 Å². The van der Waals surface area contributed by atoms with E-state index in [9.17, 15) is 8.42 Å². The van der Waals surface area contributed by atoms with Gasteiger partial charge in [0, 0.05) is 30.1 Å². The van der Waals surface area contributed by atoms with Crippen molar-refractivity contribution in [3.63, 3.8) is 0 Å². The minimum atomic E-state index is -3.80. The number of pyridine rings is 1. The number of aromatic nitrogens is 2. The van der Waals surface area contributed by atoms with Crippen LogP contribution < -0.4 is 10.5 Å². The summed E-state index contributed by atoms with van der Waals surface area (Å²) in [7, 11) is -3.80. The van der Waals surface area contributed by atoms with Crippen molar-refractivity contribution in [2.75, 3.05) is 11.9 Å². The molecule has 2 aromatic heterocycles. The largest absolute Gasteiger partial charge is 0.369 e. The van der Waals surface area contributed by atoms with Gasteiger partial charge in [-0.15, -0.1) is 11.3 Å². The second-order valence-corrected chi connectivity index (χ2v) is 7.47. The minimum Gasteiger partial charge on any atom is -0.369 e. The average Bonchev–Trinajstić information content (AvgIpc) is 3.04. The molecule has 0 atom stereocenters. The van der Waals surface area contributed by atoms with E-state index in [1.807, 2.05) is 35.7 Å². The summed E-state index contributed by atoms with van der Waals surface area (Å²) >= 11 is 1.59. The van der Waals surface area contributed by atoms with Crippen LogP contribution in [0.25, 0.3) is 10.6 Å². The lowest BCUT2D eigenvalue weighted by Gasteiger charge is -2.08. The van der Waals surface area contributed by atoms with Crippen molar-refractivity contribution in [1.29, 1.82) is 0 Å². The van der Waals surface area contributed by atoms with Crippen LogP contribution in [0.5, 0.6) is 0 Å². The number of nitrogens with one attached hydrogen (secondary N) is 1. The molecule has 0 amide bonds.